The molecule has 1 saturated heterocycles. The van der Waals surface area contributed by atoms with Crippen LogP contribution in [-0.4, -0.2) is 18.1 Å². The molecular formula is C19H14FN3. The minimum absolute atomic E-state index is 0.00209. The van der Waals surface area contributed by atoms with Crippen molar-refractivity contribution in [1.29, 1.82) is 0 Å². The van der Waals surface area contributed by atoms with Crippen molar-refractivity contribution < 1.29 is 4.39 Å². The first-order valence-corrected chi connectivity index (χ1v) is 7.56. The second-order valence-electron chi connectivity index (χ2n) is 6.18. The standard InChI is InChI=1S/C19H14FN3/c1-21-17-8-15(20)9-18(10-17)23-12-14-11-19(14,13-23)6-5-16-4-2-3-7-22-16/h2-4,7-10,14H,11-13H2. The smallest absolute Gasteiger partial charge is 0.192 e. The molecule has 2 aliphatic rings. The molecule has 4 rings (SSSR count). The molecule has 4 heteroatoms. The Labute approximate surface area is 134 Å². The van der Waals surface area contributed by atoms with Crippen molar-refractivity contribution in [2.75, 3.05) is 18.0 Å². The van der Waals surface area contributed by atoms with Crippen molar-refractivity contribution in [2.45, 2.75) is 6.42 Å². The number of rotatable bonds is 1. The topological polar surface area (TPSA) is 20.5 Å². The maximum Gasteiger partial charge on any atom is 0.192 e. The highest BCUT2D eigenvalue weighted by molar-refractivity contribution is 5.61. The SMILES string of the molecule is [C-]#[N+]c1cc(F)cc(N2CC3CC3(C#Cc3ccccn3)C2)c1. The lowest BCUT2D eigenvalue weighted by Gasteiger charge is -2.21. The Morgan fingerprint density at radius 1 is 1.35 bits per heavy atom. The molecule has 1 aromatic heterocycles. The average molecular weight is 303 g/mol. The minimum Gasteiger partial charge on any atom is -0.371 e. The Bertz CT molecular complexity index is 860. The van der Waals surface area contributed by atoms with E-state index in [0.29, 0.717) is 11.6 Å². The summed E-state index contributed by atoms with van der Waals surface area (Å²) < 4.78 is 13.6. The second-order valence-corrected chi connectivity index (χ2v) is 6.18. The molecule has 23 heavy (non-hydrogen) atoms. The summed E-state index contributed by atoms with van der Waals surface area (Å²) in [6.07, 6.45) is 2.83. The molecule has 3 nitrogen and oxygen atoms in total. The van der Waals surface area contributed by atoms with Gasteiger partial charge in [-0.3, -0.25) is 0 Å². The van der Waals surface area contributed by atoms with Gasteiger partial charge in [-0.2, -0.15) is 0 Å². The Balaban J connectivity index is 1.56. The van der Waals surface area contributed by atoms with E-state index in [9.17, 15) is 4.39 Å². The Hall–Kier alpha value is -2.85. The molecule has 2 atom stereocenters. The van der Waals surface area contributed by atoms with Crippen molar-refractivity contribution in [3.63, 3.8) is 0 Å². The van der Waals surface area contributed by atoms with E-state index in [4.69, 9.17) is 6.57 Å². The summed E-state index contributed by atoms with van der Waals surface area (Å²) in [5.74, 6) is 6.71. The maximum atomic E-state index is 13.6. The molecule has 2 unspecified atom stereocenters. The predicted octanol–water partition coefficient (Wildman–Crippen LogP) is 3.65. The minimum atomic E-state index is -0.359. The Morgan fingerprint density at radius 2 is 2.26 bits per heavy atom. The van der Waals surface area contributed by atoms with Crippen LogP contribution >= 0.6 is 0 Å². The summed E-state index contributed by atoms with van der Waals surface area (Å²) in [6.45, 7) is 8.73. The third kappa shape index (κ3) is 2.53. The van der Waals surface area contributed by atoms with Crippen molar-refractivity contribution >= 4 is 11.4 Å². The van der Waals surface area contributed by atoms with Crippen molar-refractivity contribution in [3.8, 4) is 11.8 Å². The summed E-state index contributed by atoms with van der Waals surface area (Å²) in [5, 5.41) is 0. The van der Waals surface area contributed by atoms with Gasteiger partial charge in [0.15, 0.2) is 5.69 Å². The largest absolute Gasteiger partial charge is 0.371 e. The molecule has 112 valence electrons. The molecule has 0 N–H and O–H groups in total. The number of hydrogen-bond donors (Lipinski definition) is 0. The van der Waals surface area contributed by atoms with Crippen LogP contribution in [0, 0.1) is 35.6 Å². The second kappa shape index (κ2) is 5.11. The zero-order chi connectivity index (χ0) is 15.9. The zero-order valence-electron chi connectivity index (χ0n) is 12.5. The maximum absolute atomic E-state index is 13.6. The molecule has 0 amide bonds. The van der Waals surface area contributed by atoms with E-state index >= 15 is 0 Å². The fraction of sp³-hybridized carbons (Fsp3) is 0.263. The van der Waals surface area contributed by atoms with Crippen molar-refractivity contribution in [3.05, 3.63) is 65.5 Å². The predicted molar refractivity (Wildman–Crippen MR) is 86.5 cm³/mol. The van der Waals surface area contributed by atoms with Gasteiger partial charge in [0.05, 0.1) is 12.0 Å². The Kier molecular flexibility index (Phi) is 3.06. The van der Waals surface area contributed by atoms with Gasteiger partial charge in [0.2, 0.25) is 0 Å². The van der Waals surface area contributed by atoms with Gasteiger partial charge in [0, 0.05) is 25.0 Å². The lowest BCUT2D eigenvalue weighted by molar-refractivity contribution is 0.627. The van der Waals surface area contributed by atoms with E-state index < -0.39 is 0 Å². The molecule has 2 heterocycles. The average Bonchev–Trinajstić information content (AvgIpc) is 3.14. The molecular weight excluding hydrogens is 289 g/mol. The number of hydrogen-bond acceptors (Lipinski definition) is 2. The Morgan fingerprint density at radius 3 is 3.04 bits per heavy atom. The van der Waals surface area contributed by atoms with Gasteiger partial charge in [0.1, 0.15) is 11.5 Å². The van der Waals surface area contributed by atoms with Crippen LogP contribution in [0.2, 0.25) is 0 Å². The fourth-order valence-corrected chi connectivity index (χ4v) is 3.31. The van der Waals surface area contributed by atoms with E-state index in [1.807, 2.05) is 18.2 Å². The summed E-state index contributed by atoms with van der Waals surface area (Å²) in [4.78, 5) is 9.70. The van der Waals surface area contributed by atoms with Crippen molar-refractivity contribution in [1.82, 2.24) is 4.98 Å². The first-order valence-electron chi connectivity index (χ1n) is 7.56. The molecule has 2 fully saturated rings. The van der Waals surface area contributed by atoms with Crippen LogP contribution in [0.1, 0.15) is 12.1 Å². The molecule has 0 spiro atoms. The van der Waals surface area contributed by atoms with Gasteiger partial charge >= 0.3 is 0 Å². The first-order chi connectivity index (χ1) is 11.2. The number of piperidine rings is 1. The fourth-order valence-electron chi connectivity index (χ4n) is 3.31. The van der Waals surface area contributed by atoms with Crippen LogP contribution in [0.15, 0.2) is 42.6 Å². The van der Waals surface area contributed by atoms with Gasteiger partial charge in [-0.05, 0) is 48.6 Å². The van der Waals surface area contributed by atoms with E-state index in [1.165, 1.54) is 12.1 Å². The van der Waals surface area contributed by atoms with E-state index in [1.54, 1.807) is 12.3 Å². The summed E-state index contributed by atoms with van der Waals surface area (Å²) in [7, 11) is 0. The van der Waals surface area contributed by atoms with Crippen LogP contribution in [0.5, 0.6) is 0 Å². The van der Waals surface area contributed by atoms with Gasteiger partial charge in [-0.1, -0.05) is 12.0 Å². The first kappa shape index (κ1) is 13.8. The highest BCUT2D eigenvalue weighted by atomic mass is 19.1. The number of benzene rings is 1. The molecule has 1 aromatic carbocycles. The lowest BCUT2D eigenvalue weighted by atomic mass is 10.1. The van der Waals surface area contributed by atoms with Gasteiger partial charge in [-0.15, -0.1) is 0 Å². The highest BCUT2D eigenvalue weighted by Gasteiger charge is 2.59. The number of pyridine rings is 1. The molecule has 0 radical (unpaired) electrons. The zero-order valence-corrected chi connectivity index (χ0v) is 12.5. The molecule has 0 bridgehead atoms. The van der Waals surface area contributed by atoms with Crippen LogP contribution in [0.25, 0.3) is 4.85 Å². The number of nitrogens with zero attached hydrogens (tertiary/aromatic N) is 3. The molecule has 1 aliphatic heterocycles. The summed E-state index contributed by atoms with van der Waals surface area (Å²) in [5.41, 5.74) is 1.91. The van der Waals surface area contributed by atoms with Crippen LogP contribution < -0.4 is 4.90 Å². The number of aromatic nitrogens is 1. The van der Waals surface area contributed by atoms with Crippen LogP contribution in [0.4, 0.5) is 15.8 Å². The van der Waals surface area contributed by atoms with Gasteiger partial charge in [0.25, 0.3) is 0 Å². The number of anilines is 1. The summed E-state index contributed by atoms with van der Waals surface area (Å²) >= 11 is 0. The molecule has 2 aromatic rings. The van der Waals surface area contributed by atoms with E-state index in [-0.39, 0.29) is 11.2 Å². The van der Waals surface area contributed by atoms with E-state index in [2.05, 4.69) is 26.6 Å². The lowest BCUT2D eigenvalue weighted by Crippen LogP contribution is -2.24. The van der Waals surface area contributed by atoms with E-state index in [0.717, 1.165) is 30.9 Å². The van der Waals surface area contributed by atoms with Crippen molar-refractivity contribution in [2.24, 2.45) is 11.3 Å². The summed E-state index contributed by atoms with van der Waals surface area (Å²) in [6, 6.07) is 10.2. The van der Waals surface area contributed by atoms with Crippen LogP contribution in [-0.2, 0) is 0 Å². The third-order valence-electron chi connectivity index (χ3n) is 4.61. The third-order valence-corrected chi connectivity index (χ3v) is 4.61. The van der Waals surface area contributed by atoms with Gasteiger partial charge < -0.3 is 4.90 Å². The van der Waals surface area contributed by atoms with Crippen LogP contribution in [0.3, 0.4) is 0 Å². The quantitative estimate of drug-likeness (QED) is 0.592. The number of halogens is 1. The monoisotopic (exact) mass is 303 g/mol. The molecule has 1 saturated carbocycles. The number of fused-ring (bicyclic) bond motifs is 1. The highest BCUT2D eigenvalue weighted by Crippen LogP contribution is 2.58. The van der Waals surface area contributed by atoms with Gasteiger partial charge in [-0.25, -0.2) is 14.2 Å². The normalized spacial score (nSPS) is 24.3. The molecule has 1 aliphatic carbocycles.